The molecular formula is C11H23N3. The first-order chi connectivity index (χ1) is 6.50. The third-order valence-corrected chi connectivity index (χ3v) is 2.96. The summed E-state index contributed by atoms with van der Waals surface area (Å²) in [6.45, 7) is 8.59. The molecule has 1 aliphatic carbocycles. The van der Waals surface area contributed by atoms with Gasteiger partial charge >= 0.3 is 0 Å². The molecule has 3 heteroatoms. The average Bonchev–Trinajstić information content (AvgIpc) is 2.86. The minimum absolute atomic E-state index is 0.191. The maximum absolute atomic E-state index is 7.38. The molecule has 0 aromatic heterocycles. The molecule has 0 radical (unpaired) electrons. The molecule has 1 aliphatic rings. The standard InChI is InChI=1S/C11H23N3/c1-8(2)14(7-10-4-5-10)6-9(3)11(12)13/h8-10H,4-7H2,1-3H3,(H3,12,13). The molecule has 3 nitrogen and oxygen atoms in total. The lowest BCUT2D eigenvalue weighted by Crippen LogP contribution is -2.39. The first kappa shape index (κ1) is 11.5. The fourth-order valence-electron chi connectivity index (χ4n) is 1.58. The Morgan fingerprint density at radius 1 is 1.43 bits per heavy atom. The Morgan fingerprint density at radius 3 is 2.36 bits per heavy atom. The van der Waals surface area contributed by atoms with Crippen LogP contribution in [-0.4, -0.2) is 29.9 Å². The maximum Gasteiger partial charge on any atom is 0.0947 e. The highest BCUT2D eigenvalue weighted by atomic mass is 15.2. The Kier molecular flexibility index (Phi) is 3.93. The Morgan fingerprint density at radius 2 is 2.00 bits per heavy atom. The molecule has 14 heavy (non-hydrogen) atoms. The van der Waals surface area contributed by atoms with Crippen LogP contribution >= 0.6 is 0 Å². The fraction of sp³-hybridized carbons (Fsp3) is 0.909. The summed E-state index contributed by atoms with van der Waals surface area (Å²) in [5, 5.41) is 7.38. The molecule has 1 rings (SSSR count). The second kappa shape index (κ2) is 4.78. The lowest BCUT2D eigenvalue weighted by Gasteiger charge is -2.28. The second-order valence-corrected chi connectivity index (χ2v) is 4.85. The quantitative estimate of drug-likeness (QED) is 0.503. The SMILES string of the molecule is CC(CN(CC1CC1)C(C)C)C(=N)N. The van der Waals surface area contributed by atoms with E-state index in [1.54, 1.807) is 0 Å². The molecule has 0 heterocycles. The summed E-state index contributed by atoms with van der Waals surface area (Å²) in [5.41, 5.74) is 5.49. The van der Waals surface area contributed by atoms with Crippen molar-refractivity contribution in [1.29, 1.82) is 5.41 Å². The number of nitrogens with one attached hydrogen (secondary N) is 1. The van der Waals surface area contributed by atoms with Gasteiger partial charge in [-0.3, -0.25) is 10.3 Å². The van der Waals surface area contributed by atoms with Crippen molar-refractivity contribution in [3.63, 3.8) is 0 Å². The zero-order valence-electron chi connectivity index (χ0n) is 9.59. The van der Waals surface area contributed by atoms with Crippen molar-refractivity contribution in [3.8, 4) is 0 Å². The number of rotatable bonds is 6. The summed E-state index contributed by atoms with van der Waals surface area (Å²) in [6, 6.07) is 0.567. The molecule has 1 fully saturated rings. The molecule has 0 bridgehead atoms. The van der Waals surface area contributed by atoms with Gasteiger partial charge in [-0.15, -0.1) is 0 Å². The molecule has 0 aromatic rings. The Balaban J connectivity index is 2.37. The van der Waals surface area contributed by atoms with Crippen LogP contribution in [0.3, 0.4) is 0 Å². The fourth-order valence-corrected chi connectivity index (χ4v) is 1.58. The minimum atomic E-state index is 0.191. The predicted octanol–water partition coefficient (Wildman–Crippen LogP) is 1.68. The van der Waals surface area contributed by atoms with Gasteiger partial charge in [0.05, 0.1) is 5.84 Å². The number of amidine groups is 1. The van der Waals surface area contributed by atoms with Crippen molar-refractivity contribution in [2.24, 2.45) is 17.6 Å². The van der Waals surface area contributed by atoms with Crippen LogP contribution in [0.5, 0.6) is 0 Å². The molecule has 0 amide bonds. The van der Waals surface area contributed by atoms with Crippen LogP contribution < -0.4 is 5.73 Å². The van der Waals surface area contributed by atoms with Crippen molar-refractivity contribution >= 4 is 5.84 Å². The topological polar surface area (TPSA) is 53.1 Å². The van der Waals surface area contributed by atoms with Crippen molar-refractivity contribution in [2.75, 3.05) is 13.1 Å². The van der Waals surface area contributed by atoms with Crippen molar-refractivity contribution in [1.82, 2.24) is 4.90 Å². The van der Waals surface area contributed by atoms with Crippen LogP contribution in [0.25, 0.3) is 0 Å². The average molecular weight is 197 g/mol. The van der Waals surface area contributed by atoms with Crippen LogP contribution in [0.1, 0.15) is 33.6 Å². The van der Waals surface area contributed by atoms with Crippen LogP contribution in [0.4, 0.5) is 0 Å². The van der Waals surface area contributed by atoms with Gasteiger partial charge in [-0.25, -0.2) is 0 Å². The summed E-state index contributed by atoms with van der Waals surface area (Å²) < 4.78 is 0. The Labute approximate surface area is 87.2 Å². The van der Waals surface area contributed by atoms with Gasteiger partial charge in [0, 0.05) is 25.0 Å². The second-order valence-electron chi connectivity index (χ2n) is 4.85. The molecular weight excluding hydrogens is 174 g/mol. The third kappa shape index (κ3) is 3.66. The predicted molar refractivity (Wildman–Crippen MR) is 60.5 cm³/mol. The molecule has 0 spiro atoms. The monoisotopic (exact) mass is 197 g/mol. The highest BCUT2D eigenvalue weighted by Crippen LogP contribution is 2.30. The first-order valence-corrected chi connectivity index (χ1v) is 5.58. The summed E-state index contributed by atoms with van der Waals surface area (Å²) in [4.78, 5) is 2.45. The van der Waals surface area contributed by atoms with E-state index in [-0.39, 0.29) is 5.92 Å². The van der Waals surface area contributed by atoms with Gasteiger partial charge in [0.2, 0.25) is 0 Å². The van der Waals surface area contributed by atoms with E-state index >= 15 is 0 Å². The van der Waals surface area contributed by atoms with Crippen molar-refractivity contribution < 1.29 is 0 Å². The van der Waals surface area contributed by atoms with Gasteiger partial charge in [0.1, 0.15) is 0 Å². The normalized spacial score (nSPS) is 18.9. The number of nitrogens with zero attached hydrogens (tertiary/aromatic N) is 1. The molecule has 1 unspecified atom stereocenters. The van der Waals surface area contributed by atoms with Crippen molar-refractivity contribution in [2.45, 2.75) is 39.7 Å². The van der Waals surface area contributed by atoms with Crippen LogP contribution in [0.15, 0.2) is 0 Å². The molecule has 0 aliphatic heterocycles. The van der Waals surface area contributed by atoms with Gasteiger partial charge in [-0.1, -0.05) is 6.92 Å². The smallest absolute Gasteiger partial charge is 0.0947 e. The lowest BCUT2D eigenvalue weighted by molar-refractivity contribution is 0.200. The van der Waals surface area contributed by atoms with E-state index in [1.807, 2.05) is 6.92 Å². The summed E-state index contributed by atoms with van der Waals surface area (Å²) in [5.74, 6) is 1.42. The maximum atomic E-state index is 7.38. The highest BCUT2D eigenvalue weighted by molar-refractivity contribution is 5.79. The van der Waals surface area contributed by atoms with Gasteiger partial charge in [-0.2, -0.15) is 0 Å². The summed E-state index contributed by atoms with van der Waals surface area (Å²) >= 11 is 0. The summed E-state index contributed by atoms with van der Waals surface area (Å²) in [7, 11) is 0. The number of nitrogens with two attached hydrogens (primary N) is 1. The van der Waals surface area contributed by atoms with E-state index in [9.17, 15) is 0 Å². The van der Waals surface area contributed by atoms with Crippen LogP contribution in [-0.2, 0) is 0 Å². The molecule has 3 N–H and O–H groups in total. The van der Waals surface area contributed by atoms with E-state index in [1.165, 1.54) is 19.4 Å². The van der Waals surface area contributed by atoms with E-state index in [0.29, 0.717) is 11.9 Å². The summed E-state index contributed by atoms with van der Waals surface area (Å²) in [6.07, 6.45) is 2.77. The zero-order valence-corrected chi connectivity index (χ0v) is 9.59. The molecule has 82 valence electrons. The first-order valence-electron chi connectivity index (χ1n) is 5.58. The Hall–Kier alpha value is -0.570. The molecule has 1 atom stereocenters. The van der Waals surface area contributed by atoms with Crippen LogP contribution in [0, 0.1) is 17.2 Å². The number of hydrogen-bond acceptors (Lipinski definition) is 2. The van der Waals surface area contributed by atoms with E-state index in [2.05, 4.69) is 18.7 Å². The molecule has 1 saturated carbocycles. The van der Waals surface area contributed by atoms with Gasteiger partial charge in [0.15, 0.2) is 0 Å². The Bertz CT molecular complexity index is 197. The highest BCUT2D eigenvalue weighted by Gasteiger charge is 2.26. The molecule has 0 saturated heterocycles. The van der Waals surface area contributed by atoms with Crippen LogP contribution in [0.2, 0.25) is 0 Å². The van der Waals surface area contributed by atoms with E-state index in [4.69, 9.17) is 11.1 Å². The zero-order chi connectivity index (χ0) is 10.7. The van der Waals surface area contributed by atoms with E-state index < -0.39 is 0 Å². The third-order valence-electron chi connectivity index (χ3n) is 2.96. The van der Waals surface area contributed by atoms with Gasteiger partial charge in [0.25, 0.3) is 0 Å². The van der Waals surface area contributed by atoms with Gasteiger partial charge < -0.3 is 5.73 Å². The van der Waals surface area contributed by atoms with Crippen molar-refractivity contribution in [3.05, 3.63) is 0 Å². The lowest BCUT2D eigenvalue weighted by atomic mass is 10.1. The molecule has 0 aromatic carbocycles. The largest absolute Gasteiger partial charge is 0.387 e. The number of hydrogen-bond donors (Lipinski definition) is 2. The van der Waals surface area contributed by atoms with E-state index in [0.717, 1.165) is 12.5 Å². The van der Waals surface area contributed by atoms with Gasteiger partial charge in [-0.05, 0) is 32.6 Å². The minimum Gasteiger partial charge on any atom is -0.387 e.